The minimum absolute atomic E-state index is 0.181. The fourth-order valence-electron chi connectivity index (χ4n) is 1.07. The van der Waals surface area contributed by atoms with Crippen LogP contribution in [-0.4, -0.2) is 11.2 Å². The molecule has 0 aliphatic carbocycles. The van der Waals surface area contributed by atoms with E-state index in [1.165, 1.54) is 0 Å². The lowest BCUT2D eigenvalue weighted by atomic mass is 9.95. The van der Waals surface area contributed by atoms with E-state index in [1.54, 1.807) is 0 Å². The van der Waals surface area contributed by atoms with E-state index in [-0.39, 0.29) is 6.10 Å². The quantitative estimate of drug-likeness (QED) is 0.615. The van der Waals surface area contributed by atoms with Crippen LogP contribution in [0.15, 0.2) is 0 Å². The van der Waals surface area contributed by atoms with Gasteiger partial charge in [0.25, 0.3) is 0 Å². The Balaban J connectivity index is 3.50. The molecule has 0 aromatic carbocycles. The summed E-state index contributed by atoms with van der Waals surface area (Å²) >= 11 is 0. The second-order valence-corrected chi connectivity index (χ2v) is 2.43. The molecule has 0 heterocycles. The molecule has 0 spiro atoms. The number of rotatable bonds is 4. The Morgan fingerprint density at radius 3 is 1.89 bits per heavy atom. The lowest BCUT2D eigenvalue weighted by molar-refractivity contribution is 0.105. The first-order valence-corrected chi connectivity index (χ1v) is 3.73. The molecule has 55 valence electrons. The van der Waals surface area contributed by atoms with E-state index in [0.29, 0.717) is 12.3 Å². The first-order chi connectivity index (χ1) is 4.26. The topological polar surface area (TPSA) is 20.2 Å². The molecule has 1 nitrogen and oxygen atoms in total. The maximum Gasteiger partial charge on any atom is 0.0568 e. The summed E-state index contributed by atoms with van der Waals surface area (Å²) in [6.45, 7) is 7.86. The van der Waals surface area contributed by atoms with Crippen LogP contribution in [0, 0.1) is 12.8 Å². The van der Waals surface area contributed by atoms with Gasteiger partial charge in [-0.3, -0.25) is 0 Å². The Morgan fingerprint density at radius 2 is 1.78 bits per heavy atom. The van der Waals surface area contributed by atoms with Crippen LogP contribution < -0.4 is 0 Å². The third-order valence-corrected chi connectivity index (χ3v) is 1.89. The molecule has 1 heteroatoms. The fraction of sp³-hybridized carbons (Fsp3) is 0.875. The zero-order valence-electron chi connectivity index (χ0n) is 6.43. The second kappa shape index (κ2) is 4.80. The largest absolute Gasteiger partial charge is 0.393 e. The minimum atomic E-state index is -0.181. The van der Waals surface area contributed by atoms with Crippen LogP contribution in [-0.2, 0) is 0 Å². The Morgan fingerprint density at radius 1 is 1.33 bits per heavy atom. The van der Waals surface area contributed by atoms with Gasteiger partial charge in [-0.1, -0.05) is 33.6 Å². The SMILES string of the molecule is [CH2]CC(O)C(CC)CC. The highest BCUT2D eigenvalue weighted by atomic mass is 16.3. The molecule has 1 N–H and O–H groups in total. The van der Waals surface area contributed by atoms with Gasteiger partial charge < -0.3 is 5.11 Å². The normalized spacial score (nSPS) is 14.3. The van der Waals surface area contributed by atoms with Crippen molar-refractivity contribution in [1.29, 1.82) is 0 Å². The Bertz CT molecular complexity index is 57.6. The highest BCUT2D eigenvalue weighted by molar-refractivity contribution is 4.66. The average Bonchev–Trinajstić information content (AvgIpc) is 1.90. The van der Waals surface area contributed by atoms with Crippen molar-refractivity contribution in [2.24, 2.45) is 5.92 Å². The minimum Gasteiger partial charge on any atom is -0.393 e. The van der Waals surface area contributed by atoms with Crippen LogP contribution in [0.3, 0.4) is 0 Å². The lowest BCUT2D eigenvalue weighted by Crippen LogP contribution is -2.17. The number of hydrogen-bond acceptors (Lipinski definition) is 1. The molecule has 0 saturated heterocycles. The standard InChI is InChI=1S/C8H17O/c1-4-7(5-2)8(9)6-3/h7-9H,3-6H2,1-2H3. The van der Waals surface area contributed by atoms with Gasteiger partial charge >= 0.3 is 0 Å². The van der Waals surface area contributed by atoms with Gasteiger partial charge in [-0.25, -0.2) is 0 Å². The van der Waals surface area contributed by atoms with Crippen molar-refractivity contribution >= 4 is 0 Å². The van der Waals surface area contributed by atoms with E-state index < -0.39 is 0 Å². The molecule has 0 aromatic heterocycles. The number of aliphatic hydroxyl groups excluding tert-OH is 1. The Labute approximate surface area is 58.1 Å². The molecule has 0 rings (SSSR count). The summed E-state index contributed by atoms with van der Waals surface area (Å²) in [6.07, 6.45) is 2.59. The molecule has 0 aliphatic heterocycles. The van der Waals surface area contributed by atoms with Gasteiger partial charge in [0.05, 0.1) is 6.10 Å². The van der Waals surface area contributed by atoms with Crippen molar-refractivity contribution in [3.63, 3.8) is 0 Å². The van der Waals surface area contributed by atoms with Gasteiger partial charge in [-0.2, -0.15) is 0 Å². The van der Waals surface area contributed by atoms with E-state index in [0.717, 1.165) is 12.8 Å². The predicted octanol–water partition coefficient (Wildman–Crippen LogP) is 2.01. The molecule has 0 fully saturated rings. The maximum absolute atomic E-state index is 9.26. The first kappa shape index (κ1) is 8.96. The van der Waals surface area contributed by atoms with E-state index in [4.69, 9.17) is 0 Å². The molecule has 1 unspecified atom stereocenters. The van der Waals surface area contributed by atoms with Crippen molar-refractivity contribution in [2.75, 3.05) is 0 Å². The predicted molar refractivity (Wildman–Crippen MR) is 40.1 cm³/mol. The molecule has 0 aliphatic rings. The van der Waals surface area contributed by atoms with Gasteiger partial charge in [-0.15, -0.1) is 0 Å². The van der Waals surface area contributed by atoms with Gasteiger partial charge in [-0.05, 0) is 12.3 Å². The Kier molecular flexibility index (Phi) is 4.78. The van der Waals surface area contributed by atoms with Gasteiger partial charge in [0.2, 0.25) is 0 Å². The van der Waals surface area contributed by atoms with Crippen LogP contribution in [0.5, 0.6) is 0 Å². The van der Waals surface area contributed by atoms with E-state index >= 15 is 0 Å². The summed E-state index contributed by atoms with van der Waals surface area (Å²) in [5.41, 5.74) is 0. The van der Waals surface area contributed by atoms with Gasteiger partial charge in [0.1, 0.15) is 0 Å². The number of hydrogen-bond donors (Lipinski definition) is 1. The van der Waals surface area contributed by atoms with Crippen molar-refractivity contribution in [1.82, 2.24) is 0 Å². The third kappa shape index (κ3) is 2.85. The first-order valence-electron chi connectivity index (χ1n) is 3.73. The van der Waals surface area contributed by atoms with E-state index in [9.17, 15) is 5.11 Å². The molecule has 1 atom stereocenters. The van der Waals surface area contributed by atoms with Gasteiger partial charge in [0.15, 0.2) is 0 Å². The molecular formula is C8H17O. The van der Waals surface area contributed by atoms with Crippen LogP contribution >= 0.6 is 0 Å². The second-order valence-electron chi connectivity index (χ2n) is 2.43. The van der Waals surface area contributed by atoms with Crippen LogP contribution in [0.25, 0.3) is 0 Å². The van der Waals surface area contributed by atoms with Crippen LogP contribution in [0.1, 0.15) is 33.1 Å². The number of aliphatic hydroxyl groups is 1. The van der Waals surface area contributed by atoms with Crippen LogP contribution in [0.2, 0.25) is 0 Å². The summed E-state index contributed by atoms with van der Waals surface area (Å²) in [5, 5.41) is 9.26. The zero-order chi connectivity index (χ0) is 7.28. The zero-order valence-corrected chi connectivity index (χ0v) is 6.43. The molecule has 0 aromatic rings. The highest BCUT2D eigenvalue weighted by Crippen LogP contribution is 2.14. The fourth-order valence-corrected chi connectivity index (χ4v) is 1.07. The molecule has 0 saturated carbocycles. The van der Waals surface area contributed by atoms with Crippen molar-refractivity contribution < 1.29 is 5.11 Å². The van der Waals surface area contributed by atoms with Crippen molar-refractivity contribution in [3.8, 4) is 0 Å². The summed E-state index contributed by atoms with van der Waals surface area (Å²) in [4.78, 5) is 0. The van der Waals surface area contributed by atoms with Crippen molar-refractivity contribution in [3.05, 3.63) is 6.92 Å². The molecular weight excluding hydrogens is 112 g/mol. The van der Waals surface area contributed by atoms with E-state index in [1.807, 2.05) is 0 Å². The summed E-state index contributed by atoms with van der Waals surface area (Å²) < 4.78 is 0. The van der Waals surface area contributed by atoms with Gasteiger partial charge in [0, 0.05) is 0 Å². The molecule has 0 amide bonds. The Hall–Kier alpha value is -0.0400. The average molecular weight is 129 g/mol. The van der Waals surface area contributed by atoms with Crippen LogP contribution in [0.4, 0.5) is 0 Å². The highest BCUT2D eigenvalue weighted by Gasteiger charge is 2.11. The third-order valence-electron chi connectivity index (χ3n) is 1.89. The summed E-state index contributed by atoms with van der Waals surface area (Å²) in [7, 11) is 0. The summed E-state index contributed by atoms with van der Waals surface area (Å²) in [5.74, 6) is 0.461. The molecule has 9 heavy (non-hydrogen) atoms. The molecule has 0 bridgehead atoms. The molecule has 1 radical (unpaired) electrons. The maximum atomic E-state index is 9.26. The lowest BCUT2D eigenvalue weighted by Gasteiger charge is -2.17. The summed E-state index contributed by atoms with van der Waals surface area (Å²) in [6, 6.07) is 0. The van der Waals surface area contributed by atoms with Crippen molar-refractivity contribution in [2.45, 2.75) is 39.2 Å². The van der Waals surface area contributed by atoms with E-state index in [2.05, 4.69) is 20.8 Å². The smallest absolute Gasteiger partial charge is 0.0568 e. The monoisotopic (exact) mass is 129 g/mol.